The molecule has 2 aromatic rings. The van der Waals surface area contributed by atoms with Gasteiger partial charge in [-0.3, -0.25) is 9.59 Å². The van der Waals surface area contributed by atoms with Crippen LogP contribution >= 0.6 is 11.3 Å². The van der Waals surface area contributed by atoms with E-state index in [4.69, 9.17) is 0 Å². The normalized spacial score (nSPS) is 20.9. The number of carbonyl (C=O) groups is 2. The number of rotatable bonds is 6. The minimum Gasteiger partial charge on any atom is -0.381 e. The van der Waals surface area contributed by atoms with Crippen molar-refractivity contribution in [1.82, 2.24) is 20.3 Å². The Morgan fingerprint density at radius 2 is 1.97 bits per heavy atom. The van der Waals surface area contributed by atoms with E-state index >= 15 is 0 Å². The fourth-order valence-corrected chi connectivity index (χ4v) is 5.87. The summed E-state index contributed by atoms with van der Waals surface area (Å²) in [6.45, 7) is 3.81. The number of thiazole rings is 1. The lowest BCUT2D eigenvalue weighted by molar-refractivity contribution is -0.132. The maximum atomic E-state index is 13.1. The first kappa shape index (κ1) is 25.3. The molecule has 1 aromatic heterocycles. The number of aryl methyl sites for hydroxylation is 1. The van der Waals surface area contributed by atoms with Crippen LogP contribution in [0.1, 0.15) is 37.3 Å². The number of aliphatic hydroxyl groups is 1. The van der Waals surface area contributed by atoms with Crippen molar-refractivity contribution in [1.29, 1.82) is 0 Å². The summed E-state index contributed by atoms with van der Waals surface area (Å²) in [6, 6.07) is 5.86. The molecule has 11 heteroatoms. The summed E-state index contributed by atoms with van der Waals surface area (Å²) >= 11 is 1.54. The van der Waals surface area contributed by atoms with Crippen LogP contribution in [0.3, 0.4) is 0 Å². The average Bonchev–Trinajstić information content (AvgIpc) is 3.22. The molecule has 1 aliphatic rings. The lowest BCUT2D eigenvalue weighted by Gasteiger charge is -2.27. The van der Waals surface area contributed by atoms with Crippen LogP contribution in [0.2, 0.25) is 0 Å². The lowest BCUT2D eigenvalue weighted by atomic mass is 10.00. The molecule has 33 heavy (non-hydrogen) atoms. The van der Waals surface area contributed by atoms with Crippen molar-refractivity contribution in [3.05, 3.63) is 46.4 Å². The lowest BCUT2D eigenvalue weighted by Crippen LogP contribution is -2.56. The molecule has 0 bridgehead atoms. The van der Waals surface area contributed by atoms with E-state index in [0.29, 0.717) is 32.2 Å². The molecular formula is C22H30N4O5S2. The first-order valence-corrected chi connectivity index (χ1v) is 13.3. The van der Waals surface area contributed by atoms with Gasteiger partial charge in [0, 0.05) is 17.8 Å². The molecule has 2 heterocycles. The second-order valence-corrected chi connectivity index (χ2v) is 11.0. The number of fused-ring (bicyclic) bond motifs is 1. The van der Waals surface area contributed by atoms with E-state index in [1.54, 1.807) is 37.6 Å². The Kier molecular flexibility index (Phi) is 8.57. The van der Waals surface area contributed by atoms with Crippen LogP contribution in [-0.2, 0) is 32.5 Å². The quantitative estimate of drug-likeness (QED) is 0.473. The fraction of sp³-hybridized carbons (Fsp3) is 0.500. The van der Waals surface area contributed by atoms with Crippen LogP contribution in [-0.4, -0.2) is 55.1 Å². The Balaban J connectivity index is 1.74. The summed E-state index contributed by atoms with van der Waals surface area (Å²) in [5.74, 6) is -1.53. The molecule has 4 N–H and O–H groups in total. The third-order valence-electron chi connectivity index (χ3n) is 5.57. The van der Waals surface area contributed by atoms with Crippen molar-refractivity contribution < 1.29 is 23.1 Å². The molecule has 0 aliphatic carbocycles. The summed E-state index contributed by atoms with van der Waals surface area (Å²) in [7, 11) is -3.93. The van der Waals surface area contributed by atoms with Crippen molar-refractivity contribution >= 4 is 33.2 Å². The van der Waals surface area contributed by atoms with E-state index in [1.165, 1.54) is 23.5 Å². The monoisotopic (exact) mass is 494 g/mol. The number of benzene rings is 1. The summed E-state index contributed by atoms with van der Waals surface area (Å²) in [5, 5.41) is 16.0. The highest BCUT2D eigenvalue weighted by Crippen LogP contribution is 2.19. The number of hydrogen-bond donors (Lipinski definition) is 4. The van der Waals surface area contributed by atoms with E-state index < -0.39 is 40.0 Å². The Labute approximate surface area is 198 Å². The largest absolute Gasteiger partial charge is 0.381 e. The first-order chi connectivity index (χ1) is 15.7. The highest BCUT2D eigenvalue weighted by molar-refractivity contribution is 7.89. The molecule has 1 aliphatic heterocycles. The minimum absolute atomic E-state index is 0.0527. The Hall–Kier alpha value is -2.34. The van der Waals surface area contributed by atoms with Gasteiger partial charge >= 0.3 is 0 Å². The van der Waals surface area contributed by atoms with Crippen LogP contribution in [0.15, 0.2) is 40.7 Å². The van der Waals surface area contributed by atoms with Crippen molar-refractivity contribution in [3.8, 4) is 0 Å². The summed E-state index contributed by atoms with van der Waals surface area (Å²) in [6.07, 6.45) is 0.797. The molecule has 180 valence electrons. The summed E-state index contributed by atoms with van der Waals surface area (Å²) < 4.78 is 28.0. The maximum absolute atomic E-state index is 13.1. The molecule has 3 atom stereocenters. The van der Waals surface area contributed by atoms with Crippen molar-refractivity contribution in [2.75, 3.05) is 6.54 Å². The maximum Gasteiger partial charge on any atom is 0.251 e. The predicted octanol–water partition coefficient (Wildman–Crippen LogP) is 0.987. The van der Waals surface area contributed by atoms with Gasteiger partial charge in [0.05, 0.1) is 22.1 Å². The minimum atomic E-state index is -3.93. The molecule has 0 radical (unpaired) electrons. The molecule has 2 amide bonds. The smallest absolute Gasteiger partial charge is 0.251 e. The predicted molar refractivity (Wildman–Crippen MR) is 125 cm³/mol. The van der Waals surface area contributed by atoms with Gasteiger partial charge in [-0.05, 0) is 37.3 Å². The first-order valence-electron chi connectivity index (χ1n) is 10.9. The fourth-order valence-electron chi connectivity index (χ4n) is 3.69. The van der Waals surface area contributed by atoms with Gasteiger partial charge in [-0.25, -0.2) is 13.4 Å². The van der Waals surface area contributed by atoms with Gasteiger partial charge in [0.15, 0.2) is 6.10 Å². The zero-order chi connectivity index (χ0) is 24.0. The molecular weight excluding hydrogens is 464 g/mol. The number of nitrogens with zero attached hydrogens (tertiary/aromatic N) is 1. The summed E-state index contributed by atoms with van der Waals surface area (Å²) in [5.41, 5.74) is 2.74. The van der Waals surface area contributed by atoms with Gasteiger partial charge in [-0.1, -0.05) is 32.0 Å². The van der Waals surface area contributed by atoms with E-state index in [-0.39, 0.29) is 10.8 Å². The van der Waals surface area contributed by atoms with E-state index in [2.05, 4.69) is 20.3 Å². The van der Waals surface area contributed by atoms with Crippen LogP contribution in [0, 0.1) is 5.92 Å². The van der Waals surface area contributed by atoms with Crippen molar-refractivity contribution in [2.45, 2.75) is 62.6 Å². The Morgan fingerprint density at radius 3 is 2.67 bits per heavy atom. The van der Waals surface area contributed by atoms with Crippen molar-refractivity contribution in [2.24, 2.45) is 5.92 Å². The zero-order valence-corrected chi connectivity index (χ0v) is 20.3. The molecule has 1 aromatic carbocycles. The molecule has 3 rings (SSSR count). The molecule has 3 unspecified atom stereocenters. The van der Waals surface area contributed by atoms with Crippen LogP contribution in [0.4, 0.5) is 0 Å². The third-order valence-corrected chi connectivity index (χ3v) is 7.96. The second kappa shape index (κ2) is 11.2. The van der Waals surface area contributed by atoms with Gasteiger partial charge in [-0.2, -0.15) is 4.72 Å². The number of aromatic nitrogens is 1. The number of sulfonamides is 1. The molecule has 9 nitrogen and oxygen atoms in total. The summed E-state index contributed by atoms with van der Waals surface area (Å²) in [4.78, 5) is 31.1. The van der Waals surface area contributed by atoms with Crippen molar-refractivity contribution in [3.63, 3.8) is 0 Å². The number of hydrogen-bond acceptors (Lipinski definition) is 7. The van der Waals surface area contributed by atoms with Gasteiger partial charge in [0.2, 0.25) is 15.9 Å². The third kappa shape index (κ3) is 6.59. The average molecular weight is 495 g/mol. The Morgan fingerprint density at radius 1 is 1.24 bits per heavy atom. The van der Waals surface area contributed by atoms with Crippen LogP contribution in [0.5, 0.6) is 0 Å². The number of aliphatic hydroxyl groups excluding tert-OH is 1. The highest BCUT2D eigenvalue weighted by Gasteiger charge is 2.33. The van der Waals surface area contributed by atoms with E-state index in [9.17, 15) is 23.1 Å². The molecule has 0 spiro atoms. The van der Waals surface area contributed by atoms with Crippen LogP contribution < -0.4 is 15.4 Å². The second-order valence-electron chi connectivity index (χ2n) is 8.37. The van der Waals surface area contributed by atoms with Gasteiger partial charge in [0.25, 0.3) is 5.91 Å². The molecule has 0 saturated carbocycles. The standard InChI is InChI=1S/C22H30N4O5S2/c1-14(2)19(26-33(30,31)15-7-4-3-5-8-15)21(28)25-17-10-6-9-16-18(32-13-24-16)11-12-23-22(29)20(17)27/h3-5,7-8,13-14,17,19-20,26-27H,6,9-12H2,1-2H3,(H,23,29)(H,25,28). The van der Waals surface area contributed by atoms with E-state index in [0.717, 1.165) is 10.6 Å². The van der Waals surface area contributed by atoms with Gasteiger partial charge < -0.3 is 15.7 Å². The van der Waals surface area contributed by atoms with E-state index in [1.807, 2.05) is 0 Å². The number of nitrogens with one attached hydrogen (secondary N) is 3. The number of carbonyl (C=O) groups excluding carboxylic acids is 2. The Bertz CT molecular complexity index is 1060. The number of amides is 2. The zero-order valence-electron chi connectivity index (χ0n) is 18.7. The van der Waals surface area contributed by atoms with Gasteiger partial charge in [-0.15, -0.1) is 11.3 Å². The SMILES string of the molecule is CC(C)C(NS(=O)(=O)c1ccccc1)C(=O)NC1CCCc2ncsc2CCNC(=O)C1O. The van der Waals surface area contributed by atoms with Crippen LogP contribution in [0.25, 0.3) is 0 Å². The molecule has 0 fully saturated rings. The highest BCUT2D eigenvalue weighted by atomic mass is 32.2. The topological polar surface area (TPSA) is 137 Å². The van der Waals surface area contributed by atoms with Gasteiger partial charge in [0.1, 0.15) is 6.04 Å². The molecule has 0 saturated heterocycles.